The Hall–Kier alpha value is -2.87. The summed E-state index contributed by atoms with van der Waals surface area (Å²) in [7, 11) is 0. The Morgan fingerprint density at radius 1 is 0.792 bits per heavy atom. The zero-order chi connectivity index (χ0) is 16.6. The number of benzene rings is 3. The van der Waals surface area contributed by atoms with Crippen LogP contribution in [0.4, 0.5) is 0 Å². The molecule has 2 heteroatoms. The van der Waals surface area contributed by atoms with Gasteiger partial charge >= 0.3 is 0 Å². The number of aldehydes is 1. The van der Waals surface area contributed by atoms with Crippen molar-refractivity contribution in [3.63, 3.8) is 0 Å². The van der Waals surface area contributed by atoms with Gasteiger partial charge in [0.25, 0.3) is 0 Å². The van der Waals surface area contributed by atoms with E-state index < -0.39 is 0 Å². The zero-order valence-electron chi connectivity index (χ0n) is 13.5. The van der Waals surface area contributed by atoms with Crippen molar-refractivity contribution in [1.29, 1.82) is 0 Å². The predicted molar refractivity (Wildman–Crippen MR) is 97.5 cm³/mol. The Balaban J connectivity index is 1.62. The van der Waals surface area contributed by atoms with E-state index in [-0.39, 0.29) is 0 Å². The Morgan fingerprint density at radius 3 is 2.21 bits per heavy atom. The molecule has 0 radical (unpaired) electrons. The summed E-state index contributed by atoms with van der Waals surface area (Å²) < 4.78 is 5.81. The Kier molecular flexibility index (Phi) is 5.41. The molecule has 0 aliphatic rings. The molecule has 0 unspecified atom stereocenters. The van der Waals surface area contributed by atoms with Crippen LogP contribution in [0.25, 0.3) is 11.1 Å². The molecule has 120 valence electrons. The van der Waals surface area contributed by atoms with E-state index in [0.29, 0.717) is 17.9 Å². The van der Waals surface area contributed by atoms with Crippen molar-refractivity contribution in [2.75, 3.05) is 6.61 Å². The second kappa shape index (κ2) is 8.11. The van der Waals surface area contributed by atoms with Crippen LogP contribution in [0.1, 0.15) is 22.3 Å². The monoisotopic (exact) mass is 316 g/mol. The Morgan fingerprint density at radius 2 is 1.50 bits per heavy atom. The smallest absolute Gasteiger partial charge is 0.153 e. The molecular weight excluding hydrogens is 296 g/mol. The summed E-state index contributed by atoms with van der Waals surface area (Å²) in [5.74, 6) is 0.651. The van der Waals surface area contributed by atoms with Crippen LogP contribution in [-0.2, 0) is 6.42 Å². The molecular formula is C22H20O2. The number of carbonyl (C=O) groups is 1. The largest absolute Gasteiger partial charge is 0.493 e. The minimum atomic E-state index is 0.594. The van der Waals surface area contributed by atoms with Gasteiger partial charge in [-0.15, -0.1) is 0 Å². The van der Waals surface area contributed by atoms with Crippen LogP contribution >= 0.6 is 0 Å². The third-order valence-corrected chi connectivity index (χ3v) is 3.95. The molecule has 0 spiro atoms. The van der Waals surface area contributed by atoms with Crippen LogP contribution in [-0.4, -0.2) is 12.9 Å². The van der Waals surface area contributed by atoms with Crippen LogP contribution in [0.3, 0.4) is 0 Å². The highest BCUT2D eigenvalue weighted by atomic mass is 16.5. The number of aryl methyl sites for hydroxylation is 1. The van der Waals surface area contributed by atoms with Crippen molar-refractivity contribution in [3.8, 4) is 16.9 Å². The first kappa shape index (κ1) is 16.0. The standard InChI is InChI=1S/C22H20O2/c23-17-21-16-20(19-11-5-2-6-12-19)13-14-22(21)24-15-7-10-18-8-3-1-4-9-18/h1-6,8-9,11-14,16-17H,7,10,15H2. The van der Waals surface area contributed by atoms with Gasteiger partial charge in [0.05, 0.1) is 12.2 Å². The molecule has 3 rings (SSSR count). The highest BCUT2D eigenvalue weighted by Gasteiger charge is 2.06. The van der Waals surface area contributed by atoms with Crippen molar-refractivity contribution in [2.45, 2.75) is 12.8 Å². The van der Waals surface area contributed by atoms with Gasteiger partial charge in [0.2, 0.25) is 0 Å². The van der Waals surface area contributed by atoms with E-state index in [0.717, 1.165) is 30.3 Å². The first-order valence-corrected chi connectivity index (χ1v) is 8.18. The van der Waals surface area contributed by atoms with Crippen molar-refractivity contribution < 1.29 is 9.53 Å². The average Bonchev–Trinajstić information content (AvgIpc) is 2.67. The van der Waals surface area contributed by atoms with Gasteiger partial charge < -0.3 is 4.74 Å². The minimum absolute atomic E-state index is 0.594. The fraction of sp³-hybridized carbons (Fsp3) is 0.136. The molecule has 3 aromatic carbocycles. The molecule has 0 aromatic heterocycles. The van der Waals surface area contributed by atoms with E-state index >= 15 is 0 Å². The normalized spacial score (nSPS) is 10.3. The lowest BCUT2D eigenvalue weighted by molar-refractivity contribution is 0.111. The molecule has 0 fully saturated rings. The number of hydrogen-bond acceptors (Lipinski definition) is 2. The number of carbonyl (C=O) groups excluding carboxylic acids is 1. The molecule has 0 bridgehead atoms. The lowest BCUT2D eigenvalue weighted by Crippen LogP contribution is -2.01. The second-order valence-electron chi connectivity index (χ2n) is 5.67. The maximum absolute atomic E-state index is 11.4. The van der Waals surface area contributed by atoms with Gasteiger partial charge in [0.1, 0.15) is 5.75 Å². The molecule has 0 saturated carbocycles. The fourth-order valence-corrected chi connectivity index (χ4v) is 2.69. The summed E-state index contributed by atoms with van der Waals surface area (Å²) in [5, 5.41) is 0. The number of rotatable bonds is 7. The van der Waals surface area contributed by atoms with Crippen LogP contribution in [0.15, 0.2) is 78.9 Å². The summed E-state index contributed by atoms with van der Waals surface area (Å²) in [6.07, 6.45) is 2.75. The molecule has 0 heterocycles. The topological polar surface area (TPSA) is 26.3 Å². The van der Waals surface area contributed by atoms with Gasteiger partial charge in [-0.3, -0.25) is 4.79 Å². The van der Waals surface area contributed by atoms with E-state index in [2.05, 4.69) is 12.1 Å². The Bertz CT molecular complexity index is 780. The SMILES string of the molecule is O=Cc1cc(-c2ccccc2)ccc1OCCCc1ccccc1. The molecule has 0 amide bonds. The molecule has 0 aliphatic heterocycles. The van der Waals surface area contributed by atoms with E-state index in [1.807, 2.05) is 66.7 Å². The summed E-state index contributed by atoms with van der Waals surface area (Å²) >= 11 is 0. The van der Waals surface area contributed by atoms with Gasteiger partial charge in [0, 0.05) is 0 Å². The van der Waals surface area contributed by atoms with Crippen LogP contribution < -0.4 is 4.74 Å². The van der Waals surface area contributed by atoms with Crippen molar-refractivity contribution in [3.05, 3.63) is 90.0 Å². The third-order valence-electron chi connectivity index (χ3n) is 3.95. The highest BCUT2D eigenvalue weighted by molar-refractivity contribution is 5.83. The van der Waals surface area contributed by atoms with Crippen LogP contribution in [0.2, 0.25) is 0 Å². The average molecular weight is 316 g/mol. The number of ether oxygens (including phenoxy) is 1. The maximum Gasteiger partial charge on any atom is 0.153 e. The lowest BCUT2D eigenvalue weighted by Gasteiger charge is -2.10. The second-order valence-corrected chi connectivity index (χ2v) is 5.67. The molecule has 0 saturated heterocycles. The quantitative estimate of drug-likeness (QED) is 0.443. The third kappa shape index (κ3) is 4.11. The van der Waals surface area contributed by atoms with Gasteiger partial charge in [-0.05, 0) is 41.7 Å². The molecule has 0 N–H and O–H groups in total. The van der Waals surface area contributed by atoms with Crippen molar-refractivity contribution in [1.82, 2.24) is 0 Å². The minimum Gasteiger partial charge on any atom is -0.493 e. The summed E-state index contributed by atoms with van der Waals surface area (Å²) in [4.78, 5) is 11.4. The van der Waals surface area contributed by atoms with E-state index in [4.69, 9.17) is 4.74 Å². The van der Waals surface area contributed by atoms with Crippen LogP contribution in [0.5, 0.6) is 5.75 Å². The van der Waals surface area contributed by atoms with E-state index in [9.17, 15) is 4.79 Å². The number of hydrogen-bond donors (Lipinski definition) is 0. The summed E-state index contributed by atoms with van der Waals surface area (Å²) in [6, 6.07) is 26.1. The first-order valence-electron chi connectivity index (χ1n) is 8.18. The highest BCUT2D eigenvalue weighted by Crippen LogP contribution is 2.25. The molecule has 3 aromatic rings. The van der Waals surface area contributed by atoms with Gasteiger partial charge in [-0.1, -0.05) is 66.7 Å². The maximum atomic E-state index is 11.4. The summed E-state index contributed by atoms with van der Waals surface area (Å²) in [5.41, 5.74) is 4.01. The van der Waals surface area contributed by atoms with E-state index in [1.54, 1.807) is 0 Å². The molecule has 0 aliphatic carbocycles. The van der Waals surface area contributed by atoms with Crippen molar-refractivity contribution in [2.24, 2.45) is 0 Å². The summed E-state index contributed by atoms with van der Waals surface area (Å²) in [6.45, 7) is 0.598. The molecule has 0 atom stereocenters. The van der Waals surface area contributed by atoms with Gasteiger partial charge in [0.15, 0.2) is 6.29 Å². The fourth-order valence-electron chi connectivity index (χ4n) is 2.69. The van der Waals surface area contributed by atoms with Gasteiger partial charge in [-0.2, -0.15) is 0 Å². The molecule has 24 heavy (non-hydrogen) atoms. The van der Waals surface area contributed by atoms with Crippen LogP contribution in [0, 0.1) is 0 Å². The predicted octanol–water partition coefficient (Wildman–Crippen LogP) is 5.18. The molecule has 2 nitrogen and oxygen atoms in total. The zero-order valence-corrected chi connectivity index (χ0v) is 13.5. The van der Waals surface area contributed by atoms with Crippen molar-refractivity contribution >= 4 is 6.29 Å². The first-order chi connectivity index (χ1) is 11.9. The van der Waals surface area contributed by atoms with Gasteiger partial charge in [-0.25, -0.2) is 0 Å². The van der Waals surface area contributed by atoms with E-state index in [1.165, 1.54) is 5.56 Å². The lowest BCUT2D eigenvalue weighted by atomic mass is 10.0. The Labute approximate surface area is 142 Å².